The highest BCUT2D eigenvalue weighted by molar-refractivity contribution is 5.30. The van der Waals surface area contributed by atoms with Crippen molar-refractivity contribution in [1.82, 2.24) is 4.98 Å². The zero-order valence-corrected chi connectivity index (χ0v) is 8.86. The van der Waals surface area contributed by atoms with Crippen LogP contribution < -0.4 is 10.5 Å². The van der Waals surface area contributed by atoms with Crippen molar-refractivity contribution in [3.8, 4) is 11.6 Å². The van der Waals surface area contributed by atoms with E-state index in [0.29, 0.717) is 6.54 Å². The first-order valence-corrected chi connectivity index (χ1v) is 4.97. The second kappa shape index (κ2) is 4.88. The molecule has 2 aromatic rings. The molecule has 0 saturated carbocycles. The van der Waals surface area contributed by atoms with E-state index in [1.165, 1.54) is 6.20 Å². The molecule has 1 aromatic heterocycles. The molecule has 0 aliphatic carbocycles. The average Bonchev–Trinajstić information content (AvgIpc) is 2.34. The number of pyridine rings is 1. The number of ether oxygens (including phenoxy) is 1. The zero-order valence-electron chi connectivity index (χ0n) is 8.86. The van der Waals surface area contributed by atoms with Crippen molar-refractivity contribution < 1.29 is 13.5 Å². The first-order chi connectivity index (χ1) is 8.19. The van der Waals surface area contributed by atoms with Crippen LogP contribution in [0.25, 0.3) is 0 Å². The summed E-state index contributed by atoms with van der Waals surface area (Å²) in [7, 11) is 0. The predicted molar refractivity (Wildman–Crippen MR) is 58.6 cm³/mol. The van der Waals surface area contributed by atoms with Crippen LogP contribution in [0.15, 0.2) is 36.5 Å². The zero-order chi connectivity index (χ0) is 12.3. The number of aromatic nitrogens is 1. The molecular weight excluding hydrogens is 226 g/mol. The number of halogens is 2. The molecule has 0 radical (unpaired) electrons. The Kier molecular flexibility index (Phi) is 3.30. The summed E-state index contributed by atoms with van der Waals surface area (Å²) in [6.07, 6.45) is 1.49. The smallest absolute Gasteiger partial charge is 0.219 e. The van der Waals surface area contributed by atoms with Gasteiger partial charge < -0.3 is 10.5 Å². The van der Waals surface area contributed by atoms with Gasteiger partial charge in [-0.25, -0.2) is 13.8 Å². The standard InChI is InChI=1S/C12H10F2N2O/c13-9-1-2-10(14)11(6-9)17-12-5-8(7-15)3-4-16-12/h1-6H,7,15H2. The van der Waals surface area contributed by atoms with Crippen molar-refractivity contribution in [2.24, 2.45) is 5.73 Å². The number of rotatable bonds is 3. The highest BCUT2D eigenvalue weighted by Crippen LogP contribution is 2.24. The summed E-state index contributed by atoms with van der Waals surface area (Å²) < 4.78 is 31.4. The van der Waals surface area contributed by atoms with Gasteiger partial charge in [-0.05, 0) is 23.8 Å². The Balaban J connectivity index is 2.27. The summed E-state index contributed by atoms with van der Waals surface area (Å²) in [5.41, 5.74) is 6.25. The normalized spacial score (nSPS) is 10.3. The molecule has 3 nitrogen and oxygen atoms in total. The predicted octanol–water partition coefficient (Wildman–Crippen LogP) is 2.61. The SMILES string of the molecule is NCc1ccnc(Oc2cc(F)ccc2F)c1. The quantitative estimate of drug-likeness (QED) is 0.891. The topological polar surface area (TPSA) is 48.1 Å². The van der Waals surface area contributed by atoms with Gasteiger partial charge in [0.05, 0.1) is 0 Å². The number of hydrogen-bond acceptors (Lipinski definition) is 3. The summed E-state index contributed by atoms with van der Waals surface area (Å²) in [4.78, 5) is 3.89. The van der Waals surface area contributed by atoms with E-state index in [1.807, 2.05) is 0 Å². The van der Waals surface area contributed by atoms with Gasteiger partial charge in [-0.3, -0.25) is 0 Å². The molecule has 88 valence electrons. The molecule has 2 rings (SSSR count). The second-order valence-corrected chi connectivity index (χ2v) is 3.38. The van der Waals surface area contributed by atoms with Crippen LogP contribution in [-0.2, 0) is 6.54 Å². The summed E-state index contributed by atoms with van der Waals surface area (Å²) >= 11 is 0. The lowest BCUT2D eigenvalue weighted by molar-refractivity contribution is 0.422. The first kappa shape index (κ1) is 11.5. The van der Waals surface area contributed by atoms with E-state index >= 15 is 0 Å². The molecule has 0 aliphatic rings. The van der Waals surface area contributed by atoms with Crippen LogP contribution >= 0.6 is 0 Å². The molecule has 0 atom stereocenters. The van der Waals surface area contributed by atoms with E-state index in [0.717, 1.165) is 23.8 Å². The fourth-order valence-electron chi connectivity index (χ4n) is 1.30. The monoisotopic (exact) mass is 236 g/mol. The van der Waals surface area contributed by atoms with Crippen LogP contribution in [-0.4, -0.2) is 4.98 Å². The maximum absolute atomic E-state index is 13.3. The molecule has 0 aliphatic heterocycles. The molecule has 5 heteroatoms. The lowest BCUT2D eigenvalue weighted by atomic mass is 10.3. The first-order valence-electron chi connectivity index (χ1n) is 4.97. The number of hydrogen-bond donors (Lipinski definition) is 1. The number of nitrogens with zero attached hydrogens (tertiary/aromatic N) is 1. The van der Waals surface area contributed by atoms with E-state index in [-0.39, 0.29) is 11.6 Å². The molecule has 1 heterocycles. The van der Waals surface area contributed by atoms with Crippen molar-refractivity contribution in [1.29, 1.82) is 0 Å². The lowest BCUT2D eigenvalue weighted by Crippen LogP contribution is -1.98. The largest absolute Gasteiger partial charge is 0.436 e. The van der Waals surface area contributed by atoms with E-state index in [1.54, 1.807) is 12.1 Å². The number of nitrogens with two attached hydrogens (primary N) is 1. The molecule has 2 N–H and O–H groups in total. The third-order valence-corrected chi connectivity index (χ3v) is 2.14. The molecule has 17 heavy (non-hydrogen) atoms. The minimum atomic E-state index is -0.647. The van der Waals surface area contributed by atoms with Gasteiger partial charge in [0.15, 0.2) is 11.6 Å². The van der Waals surface area contributed by atoms with Crippen molar-refractivity contribution in [2.75, 3.05) is 0 Å². The molecule has 0 spiro atoms. The Morgan fingerprint density at radius 3 is 2.76 bits per heavy atom. The Labute approximate surface area is 96.9 Å². The van der Waals surface area contributed by atoms with Crippen LogP contribution in [0, 0.1) is 11.6 Å². The summed E-state index contributed by atoms with van der Waals surface area (Å²) in [5.74, 6) is -1.24. The Morgan fingerprint density at radius 1 is 1.18 bits per heavy atom. The molecule has 1 aromatic carbocycles. The van der Waals surface area contributed by atoms with E-state index in [2.05, 4.69) is 4.98 Å². The summed E-state index contributed by atoms with van der Waals surface area (Å²) in [5, 5.41) is 0. The molecule has 0 unspecified atom stereocenters. The fraction of sp³-hybridized carbons (Fsp3) is 0.0833. The van der Waals surface area contributed by atoms with E-state index in [9.17, 15) is 8.78 Å². The van der Waals surface area contributed by atoms with Gasteiger partial charge in [-0.15, -0.1) is 0 Å². The Bertz CT molecular complexity index is 532. The minimum absolute atomic E-state index is 0.178. The van der Waals surface area contributed by atoms with E-state index in [4.69, 9.17) is 10.5 Å². The van der Waals surface area contributed by atoms with Gasteiger partial charge in [0, 0.05) is 24.9 Å². The second-order valence-electron chi connectivity index (χ2n) is 3.38. The van der Waals surface area contributed by atoms with Gasteiger partial charge >= 0.3 is 0 Å². The molecule has 0 bridgehead atoms. The van der Waals surface area contributed by atoms with Gasteiger partial charge in [0.1, 0.15) is 5.82 Å². The molecule has 0 fully saturated rings. The lowest BCUT2D eigenvalue weighted by Gasteiger charge is -2.06. The van der Waals surface area contributed by atoms with Crippen molar-refractivity contribution in [3.63, 3.8) is 0 Å². The third kappa shape index (κ3) is 2.76. The average molecular weight is 236 g/mol. The van der Waals surface area contributed by atoms with Crippen LogP contribution in [0.4, 0.5) is 8.78 Å². The maximum Gasteiger partial charge on any atom is 0.219 e. The minimum Gasteiger partial charge on any atom is -0.436 e. The summed E-state index contributed by atoms with van der Waals surface area (Å²) in [6.45, 7) is 0.324. The van der Waals surface area contributed by atoms with E-state index < -0.39 is 11.6 Å². The van der Waals surface area contributed by atoms with Gasteiger partial charge in [0.2, 0.25) is 5.88 Å². The van der Waals surface area contributed by atoms with Crippen LogP contribution in [0.3, 0.4) is 0 Å². The number of benzene rings is 1. The summed E-state index contributed by atoms with van der Waals surface area (Å²) in [6, 6.07) is 6.27. The molecule has 0 saturated heterocycles. The van der Waals surface area contributed by atoms with Crippen molar-refractivity contribution in [2.45, 2.75) is 6.54 Å². The highest BCUT2D eigenvalue weighted by Gasteiger charge is 2.07. The Hall–Kier alpha value is -2.01. The van der Waals surface area contributed by atoms with Gasteiger partial charge in [0.25, 0.3) is 0 Å². The molecular formula is C12H10F2N2O. The highest BCUT2D eigenvalue weighted by atomic mass is 19.1. The maximum atomic E-state index is 13.3. The van der Waals surface area contributed by atoms with Crippen molar-refractivity contribution in [3.05, 3.63) is 53.7 Å². The van der Waals surface area contributed by atoms with Gasteiger partial charge in [-0.2, -0.15) is 0 Å². The Morgan fingerprint density at radius 2 is 2.00 bits per heavy atom. The van der Waals surface area contributed by atoms with Gasteiger partial charge in [-0.1, -0.05) is 0 Å². The third-order valence-electron chi connectivity index (χ3n) is 2.14. The fourth-order valence-corrected chi connectivity index (χ4v) is 1.30. The van der Waals surface area contributed by atoms with Crippen LogP contribution in [0.2, 0.25) is 0 Å². The molecule has 0 amide bonds. The van der Waals surface area contributed by atoms with Crippen molar-refractivity contribution >= 4 is 0 Å². The van der Waals surface area contributed by atoms with Crippen LogP contribution in [0.5, 0.6) is 11.6 Å². The van der Waals surface area contributed by atoms with Crippen LogP contribution in [0.1, 0.15) is 5.56 Å².